The number of carbonyl (C=O) groups is 1. The summed E-state index contributed by atoms with van der Waals surface area (Å²) in [5.74, 6) is -0.387. The van der Waals surface area contributed by atoms with Crippen molar-refractivity contribution in [2.75, 3.05) is 5.73 Å². The van der Waals surface area contributed by atoms with Crippen LogP contribution in [-0.2, 0) is 29.2 Å². The third-order valence-electron chi connectivity index (χ3n) is 5.29. The molecule has 0 bridgehead atoms. The Kier molecular flexibility index (Phi) is 5.42. The monoisotopic (exact) mass is 466 g/mol. The number of nitrogens with two attached hydrogens (primary N) is 1. The fourth-order valence-corrected chi connectivity index (χ4v) is 5.49. The van der Waals surface area contributed by atoms with E-state index in [0.717, 1.165) is 54.5 Å². The van der Waals surface area contributed by atoms with Crippen molar-refractivity contribution in [3.8, 4) is 0 Å². The molecule has 1 aromatic carbocycles. The average Bonchev–Trinajstić information content (AvgIpc) is 3.08. The Morgan fingerprint density at radius 3 is 2.55 bits per heavy atom. The standard InChI is InChI=1S/C20H20F2N4O3S2/c1-20(21,22)31(28,29)12-8-6-11(7-9-12)10-24-18(27)17-16(23)15-13-4-2-3-5-14(13)25-26-19(15)30-17/h6-9H,2-5,10,23H2,1H3,(H,24,27). The van der Waals surface area contributed by atoms with Crippen molar-refractivity contribution in [1.29, 1.82) is 0 Å². The summed E-state index contributed by atoms with van der Waals surface area (Å²) in [6.45, 7) is 0.423. The molecule has 0 saturated heterocycles. The van der Waals surface area contributed by atoms with Crippen LogP contribution in [0.3, 0.4) is 0 Å². The molecule has 1 aliphatic rings. The minimum Gasteiger partial charge on any atom is -0.397 e. The number of alkyl halides is 2. The lowest BCUT2D eigenvalue weighted by Crippen LogP contribution is -2.25. The second-order valence-corrected chi connectivity index (χ2v) is 10.7. The fraction of sp³-hybridized carbons (Fsp3) is 0.350. The SMILES string of the molecule is CC(F)(F)S(=O)(=O)c1ccc(CNC(=O)c2sc3nnc4c(c3c2N)CCCC4)cc1. The predicted octanol–water partition coefficient (Wildman–Crippen LogP) is 3.47. The van der Waals surface area contributed by atoms with Gasteiger partial charge in [0.25, 0.3) is 5.91 Å². The number of rotatable bonds is 5. The van der Waals surface area contributed by atoms with Gasteiger partial charge in [0, 0.05) is 18.9 Å². The van der Waals surface area contributed by atoms with E-state index in [9.17, 15) is 22.0 Å². The van der Waals surface area contributed by atoms with E-state index in [4.69, 9.17) is 5.73 Å². The van der Waals surface area contributed by atoms with Crippen molar-refractivity contribution in [3.05, 3.63) is 46.0 Å². The minimum atomic E-state index is -4.74. The quantitative estimate of drug-likeness (QED) is 0.595. The van der Waals surface area contributed by atoms with Gasteiger partial charge in [-0.25, -0.2) is 8.42 Å². The maximum Gasteiger partial charge on any atom is 0.347 e. The van der Waals surface area contributed by atoms with Crippen LogP contribution in [0.15, 0.2) is 29.2 Å². The molecule has 2 aromatic heterocycles. The molecular formula is C20H20F2N4O3S2. The Bertz CT molecular complexity index is 1270. The molecule has 0 unspecified atom stereocenters. The molecule has 0 aliphatic heterocycles. The van der Waals surface area contributed by atoms with Gasteiger partial charge in [0.1, 0.15) is 9.71 Å². The van der Waals surface area contributed by atoms with Crippen molar-refractivity contribution in [1.82, 2.24) is 15.5 Å². The van der Waals surface area contributed by atoms with Gasteiger partial charge in [-0.05, 0) is 48.9 Å². The smallest absolute Gasteiger partial charge is 0.347 e. The summed E-state index contributed by atoms with van der Waals surface area (Å²) in [6.07, 6.45) is 3.81. The second-order valence-electron chi connectivity index (χ2n) is 7.50. The minimum absolute atomic E-state index is 0.0825. The van der Waals surface area contributed by atoms with Crippen LogP contribution >= 0.6 is 11.3 Å². The molecule has 0 spiro atoms. The van der Waals surface area contributed by atoms with E-state index >= 15 is 0 Å². The molecule has 3 aromatic rings. The molecule has 0 fully saturated rings. The first-order valence-corrected chi connectivity index (χ1v) is 12.0. The normalized spacial score (nSPS) is 14.4. The Morgan fingerprint density at radius 2 is 1.87 bits per heavy atom. The molecule has 0 radical (unpaired) electrons. The number of anilines is 1. The van der Waals surface area contributed by atoms with Crippen molar-refractivity contribution in [2.45, 2.75) is 49.3 Å². The summed E-state index contributed by atoms with van der Waals surface area (Å²) < 4.78 is 50.2. The van der Waals surface area contributed by atoms with E-state index in [1.54, 1.807) is 0 Å². The summed E-state index contributed by atoms with van der Waals surface area (Å²) in [7, 11) is -4.74. The van der Waals surface area contributed by atoms with Gasteiger partial charge < -0.3 is 11.1 Å². The largest absolute Gasteiger partial charge is 0.397 e. The molecule has 11 heteroatoms. The number of nitrogen functional groups attached to an aromatic ring is 1. The van der Waals surface area contributed by atoms with E-state index in [2.05, 4.69) is 15.5 Å². The summed E-state index contributed by atoms with van der Waals surface area (Å²) in [4.78, 5) is 13.2. The van der Waals surface area contributed by atoms with Crippen molar-refractivity contribution in [2.24, 2.45) is 0 Å². The Balaban J connectivity index is 1.52. The molecule has 7 nitrogen and oxygen atoms in total. The van der Waals surface area contributed by atoms with Gasteiger partial charge in [0.2, 0.25) is 9.84 Å². The molecule has 164 valence electrons. The lowest BCUT2D eigenvalue weighted by Gasteiger charge is -2.14. The van der Waals surface area contributed by atoms with Gasteiger partial charge in [0.15, 0.2) is 0 Å². The molecule has 0 atom stereocenters. The van der Waals surface area contributed by atoms with Gasteiger partial charge >= 0.3 is 5.25 Å². The number of hydrogen-bond acceptors (Lipinski definition) is 7. The highest BCUT2D eigenvalue weighted by Gasteiger charge is 2.40. The average molecular weight is 467 g/mol. The third-order valence-corrected chi connectivity index (χ3v) is 8.22. The van der Waals surface area contributed by atoms with Gasteiger partial charge in [-0.15, -0.1) is 16.4 Å². The summed E-state index contributed by atoms with van der Waals surface area (Å²) in [5.41, 5.74) is 9.23. The Morgan fingerprint density at radius 1 is 1.19 bits per heavy atom. The zero-order valence-electron chi connectivity index (χ0n) is 16.6. The summed E-state index contributed by atoms with van der Waals surface area (Å²) in [5, 5.41) is 8.15. The van der Waals surface area contributed by atoms with Crippen LogP contribution in [0.5, 0.6) is 0 Å². The highest BCUT2D eigenvalue weighted by atomic mass is 32.2. The third kappa shape index (κ3) is 3.87. The van der Waals surface area contributed by atoms with E-state index in [-0.39, 0.29) is 12.5 Å². The van der Waals surface area contributed by atoms with Crippen molar-refractivity contribution in [3.63, 3.8) is 0 Å². The van der Waals surface area contributed by atoms with E-state index in [1.807, 2.05) is 0 Å². The van der Waals surface area contributed by atoms with Crippen LogP contribution in [0.1, 0.15) is 46.3 Å². The van der Waals surface area contributed by atoms with Crippen LogP contribution < -0.4 is 11.1 Å². The molecule has 2 heterocycles. The van der Waals surface area contributed by atoms with Crippen LogP contribution in [0.4, 0.5) is 14.5 Å². The lowest BCUT2D eigenvalue weighted by molar-refractivity contribution is 0.0955. The van der Waals surface area contributed by atoms with Crippen molar-refractivity contribution < 1.29 is 22.0 Å². The summed E-state index contributed by atoms with van der Waals surface area (Å²) >= 11 is 1.18. The van der Waals surface area contributed by atoms with Crippen molar-refractivity contribution >= 4 is 43.0 Å². The molecule has 31 heavy (non-hydrogen) atoms. The maximum atomic E-state index is 13.3. The molecule has 4 rings (SSSR count). The Hall–Kier alpha value is -2.66. The lowest BCUT2D eigenvalue weighted by atomic mass is 9.94. The zero-order chi connectivity index (χ0) is 22.4. The molecular weight excluding hydrogens is 446 g/mol. The number of benzene rings is 1. The van der Waals surface area contributed by atoms with Gasteiger partial charge in [0.05, 0.1) is 16.3 Å². The number of thiophene rings is 1. The van der Waals surface area contributed by atoms with E-state index in [1.165, 1.54) is 23.5 Å². The zero-order valence-corrected chi connectivity index (χ0v) is 18.2. The summed E-state index contributed by atoms with van der Waals surface area (Å²) in [6, 6.07) is 4.97. The number of nitrogens with one attached hydrogen (secondary N) is 1. The van der Waals surface area contributed by atoms with Crippen LogP contribution in [0.25, 0.3) is 10.2 Å². The maximum absolute atomic E-state index is 13.3. The number of amides is 1. The number of aromatic nitrogens is 2. The predicted molar refractivity (Wildman–Crippen MR) is 114 cm³/mol. The number of aryl methyl sites for hydroxylation is 2. The van der Waals surface area contributed by atoms with Gasteiger partial charge in [-0.1, -0.05) is 12.1 Å². The van der Waals surface area contributed by atoms with Gasteiger partial charge in [-0.3, -0.25) is 4.79 Å². The molecule has 1 amide bonds. The topological polar surface area (TPSA) is 115 Å². The first-order valence-electron chi connectivity index (χ1n) is 9.65. The number of sulfone groups is 1. The fourth-order valence-electron chi connectivity index (χ4n) is 3.59. The van der Waals surface area contributed by atoms with Gasteiger partial charge in [-0.2, -0.15) is 13.9 Å². The van der Waals surface area contributed by atoms with E-state index in [0.29, 0.717) is 27.9 Å². The second kappa shape index (κ2) is 7.79. The van der Waals surface area contributed by atoms with Crippen LogP contribution in [-0.4, -0.2) is 29.8 Å². The first kappa shape index (κ1) is 21.6. The number of fused-ring (bicyclic) bond motifs is 3. The van der Waals surface area contributed by atoms with Crippen LogP contribution in [0, 0.1) is 0 Å². The number of halogens is 2. The molecule has 0 saturated carbocycles. The molecule has 1 aliphatic carbocycles. The highest BCUT2D eigenvalue weighted by molar-refractivity contribution is 7.92. The number of nitrogens with zero attached hydrogens (tertiary/aromatic N) is 2. The molecule has 3 N–H and O–H groups in total. The Labute approximate surface area is 181 Å². The number of carbonyl (C=O) groups excluding carboxylic acids is 1. The number of hydrogen-bond donors (Lipinski definition) is 2. The first-order chi connectivity index (χ1) is 14.6. The van der Waals surface area contributed by atoms with E-state index < -0.39 is 20.0 Å². The van der Waals surface area contributed by atoms with Crippen LogP contribution in [0.2, 0.25) is 0 Å². The highest BCUT2D eigenvalue weighted by Crippen LogP contribution is 2.37.